The van der Waals surface area contributed by atoms with Gasteiger partial charge in [0.2, 0.25) is 0 Å². The maximum absolute atomic E-state index is 13.0. The summed E-state index contributed by atoms with van der Waals surface area (Å²) in [5.41, 5.74) is 1.29. The number of hydrogen-bond donors (Lipinski definition) is 1. The zero-order valence-electron chi connectivity index (χ0n) is 16.2. The second-order valence-corrected chi connectivity index (χ2v) is 7.46. The molecule has 0 fully saturated rings. The molecule has 0 aliphatic rings. The summed E-state index contributed by atoms with van der Waals surface area (Å²) >= 11 is 0. The average molecular weight is 396 g/mol. The molecule has 2 aromatic rings. The minimum absolute atomic E-state index is 0.0443. The zero-order chi connectivity index (χ0) is 20.4. The first-order chi connectivity index (χ1) is 12.7. The Bertz CT molecular complexity index is 963. The monoisotopic (exact) mass is 396 g/mol. The van der Waals surface area contributed by atoms with Crippen LogP contribution in [-0.4, -0.2) is 39.8 Å². The van der Waals surface area contributed by atoms with Gasteiger partial charge in [0.05, 0.1) is 26.5 Å². The van der Waals surface area contributed by atoms with E-state index in [2.05, 4.69) is 4.72 Å². The van der Waals surface area contributed by atoms with Crippen molar-refractivity contribution in [2.45, 2.75) is 25.7 Å². The Hall–Kier alpha value is -2.68. The molecule has 148 valence electrons. The molecule has 2 rings (SSSR count). The molecule has 0 spiro atoms. The molecule has 0 saturated heterocycles. The molecular formula is C18H24N2O6S. The number of carbonyl (C=O) groups is 1. The zero-order valence-corrected chi connectivity index (χ0v) is 17.1. The van der Waals surface area contributed by atoms with Gasteiger partial charge in [-0.2, -0.15) is 0 Å². The molecule has 0 aliphatic carbocycles. The number of benzene rings is 1. The smallest absolute Gasteiger partial charge is 0.355 e. The molecule has 27 heavy (non-hydrogen) atoms. The second kappa shape index (κ2) is 7.91. The standard InChI is InChI=1S/C18H24N2O6S/c1-7-26-18(21)16-11(2)17(12(3)20(16)4)27(22,23)19-13-8-9-14(24-5)15(10-13)25-6/h8-10,19H,7H2,1-6H3. The number of sulfonamides is 1. The Kier molecular flexibility index (Phi) is 6.04. The molecule has 0 radical (unpaired) electrons. The highest BCUT2D eigenvalue weighted by Gasteiger charge is 2.29. The van der Waals surface area contributed by atoms with Crippen LogP contribution in [0, 0.1) is 13.8 Å². The van der Waals surface area contributed by atoms with Crippen LogP contribution in [0.4, 0.5) is 5.69 Å². The lowest BCUT2D eigenvalue weighted by atomic mass is 10.2. The largest absolute Gasteiger partial charge is 0.493 e. The summed E-state index contributed by atoms with van der Waals surface area (Å²) < 4.78 is 45.4. The van der Waals surface area contributed by atoms with Gasteiger partial charge in [0.15, 0.2) is 11.5 Å². The highest BCUT2D eigenvalue weighted by Crippen LogP contribution is 2.32. The van der Waals surface area contributed by atoms with Gasteiger partial charge in [-0.3, -0.25) is 4.72 Å². The van der Waals surface area contributed by atoms with Crippen LogP contribution in [0.1, 0.15) is 28.7 Å². The predicted octanol–water partition coefficient (Wildman–Crippen LogP) is 2.64. The molecule has 0 atom stereocenters. The van der Waals surface area contributed by atoms with Crippen LogP contribution >= 0.6 is 0 Å². The van der Waals surface area contributed by atoms with Gasteiger partial charge in [-0.15, -0.1) is 0 Å². The van der Waals surface area contributed by atoms with Crippen molar-refractivity contribution in [2.75, 3.05) is 25.5 Å². The van der Waals surface area contributed by atoms with E-state index >= 15 is 0 Å². The van der Waals surface area contributed by atoms with Crippen LogP contribution in [0.25, 0.3) is 0 Å². The van der Waals surface area contributed by atoms with Crippen molar-refractivity contribution < 1.29 is 27.4 Å². The highest BCUT2D eigenvalue weighted by molar-refractivity contribution is 7.92. The Morgan fingerprint density at radius 1 is 1.15 bits per heavy atom. The van der Waals surface area contributed by atoms with Gasteiger partial charge in [0, 0.05) is 24.4 Å². The maximum atomic E-state index is 13.0. The van der Waals surface area contributed by atoms with Crippen LogP contribution < -0.4 is 14.2 Å². The molecule has 0 unspecified atom stereocenters. The average Bonchev–Trinajstić information content (AvgIpc) is 2.84. The van der Waals surface area contributed by atoms with E-state index in [-0.39, 0.29) is 17.2 Å². The number of anilines is 1. The SMILES string of the molecule is CCOC(=O)c1c(C)c(S(=O)(=O)Nc2ccc(OC)c(OC)c2)c(C)n1C. The molecule has 0 saturated carbocycles. The second-order valence-electron chi connectivity index (χ2n) is 5.84. The summed E-state index contributed by atoms with van der Waals surface area (Å²) in [5.74, 6) is 0.316. The first kappa shape index (κ1) is 20.6. The third-order valence-corrected chi connectivity index (χ3v) is 5.88. The number of esters is 1. The minimum Gasteiger partial charge on any atom is -0.493 e. The number of rotatable bonds is 7. The van der Waals surface area contributed by atoms with E-state index in [0.717, 1.165) is 0 Å². The van der Waals surface area contributed by atoms with Gasteiger partial charge < -0.3 is 18.8 Å². The van der Waals surface area contributed by atoms with Gasteiger partial charge in [0.1, 0.15) is 10.6 Å². The third-order valence-electron chi connectivity index (χ3n) is 4.24. The molecule has 8 nitrogen and oxygen atoms in total. The summed E-state index contributed by atoms with van der Waals surface area (Å²) in [5, 5.41) is 0. The normalized spacial score (nSPS) is 11.2. The van der Waals surface area contributed by atoms with Crippen LogP contribution in [0.5, 0.6) is 11.5 Å². The number of ether oxygens (including phenoxy) is 3. The maximum Gasteiger partial charge on any atom is 0.355 e. The molecule has 1 aromatic heterocycles. The van der Waals surface area contributed by atoms with Crippen molar-refractivity contribution in [1.29, 1.82) is 0 Å². The highest BCUT2D eigenvalue weighted by atomic mass is 32.2. The van der Waals surface area contributed by atoms with Crippen LogP contribution in [0.15, 0.2) is 23.1 Å². The molecule has 1 N–H and O–H groups in total. The van der Waals surface area contributed by atoms with E-state index in [0.29, 0.717) is 28.4 Å². The Morgan fingerprint density at radius 2 is 1.78 bits per heavy atom. The van der Waals surface area contributed by atoms with Crippen molar-refractivity contribution in [3.8, 4) is 11.5 Å². The number of methoxy groups -OCH3 is 2. The van der Waals surface area contributed by atoms with Crippen molar-refractivity contribution >= 4 is 21.7 Å². The van der Waals surface area contributed by atoms with Gasteiger partial charge in [0.25, 0.3) is 10.0 Å². The fourth-order valence-electron chi connectivity index (χ4n) is 2.94. The Balaban J connectivity index is 2.49. The van der Waals surface area contributed by atoms with Crippen LogP contribution in [0.3, 0.4) is 0 Å². The van der Waals surface area contributed by atoms with Gasteiger partial charge >= 0.3 is 5.97 Å². The van der Waals surface area contributed by atoms with E-state index in [1.807, 2.05) is 0 Å². The Labute approximate surface area is 159 Å². The Morgan fingerprint density at radius 3 is 2.33 bits per heavy atom. The van der Waals surface area contributed by atoms with Crippen molar-refractivity contribution in [3.63, 3.8) is 0 Å². The van der Waals surface area contributed by atoms with Gasteiger partial charge in [-0.25, -0.2) is 13.2 Å². The predicted molar refractivity (Wildman–Crippen MR) is 101 cm³/mol. The van der Waals surface area contributed by atoms with Crippen molar-refractivity contribution in [1.82, 2.24) is 4.57 Å². The number of carbonyl (C=O) groups excluding carboxylic acids is 1. The van der Waals surface area contributed by atoms with E-state index in [9.17, 15) is 13.2 Å². The lowest BCUT2D eigenvalue weighted by Crippen LogP contribution is -2.15. The molecule has 0 aliphatic heterocycles. The minimum atomic E-state index is -3.94. The van der Waals surface area contributed by atoms with E-state index in [1.165, 1.54) is 24.9 Å². The molecule has 9 heteroatoms. The van der Waals surface area contributed by atoms with E-state index in [4.69, 9.17) is 14.2 Å². The third kappa shape index (κ3) is 3.87. The van der Waals surface area contributed by atoms with E-state index in [1.54, 1.807) is 40.0 Å². The molecule has 1 aromatic carbocycles. The first-order valence-corrected chi connectivity index (χ1v) is 9.74. The summed E-state index contributed by atoms with van der Waals surface area (Å²) in [6, 6.07) is 4.69. The molecule has 1 heterocycles. The van der Waals surface area contributed by atoms with Crippen LogP contribution in [0.2, 0.25) is 0 Å². The summed E-state index contributed by atoms with van der Waals surface area (Å²) in [7, 11) is 0.646. The molecular weight excluding hydrogens is 372 g/mol. The lowest BCUT2D eigenvalue weighted by molar-refractivity contribution is 0.0514. The van der Waals surface area contributed by atoms with Gasteiger partial charge in [-0.1, -0.05) is 0 Å². The fraction of sp³-hybridized carbons (Fsp3) is 0.389. The van der Waals surface area contributed by atoms with Crippen molar-refractivity contribution in [2.24, 2.45) is 7.05 Å². The first-order valence-electron chi connectivity index (χ1n) is 8.25. The fourth-order valence-corrected chi connectivity index (χ4v) is 4.51. The number of nitrogens with one attached hydrogen (secondary N) is 1. The van der Waals surface area contributed by atoms with Gasteiger partial charge in [-0.05, 0) is 32.9 Å². The molecule has 0 amide bonds. The van der Waals surface area contributed by atoms with E-state index < -0.39 is 16.0 Å². The quantitative estimate of drug-likeness (QED) is 0.723. The number of aromatic nitrogens is 1. The molecule has 0 bridgehead atoms. The topological polar surface area (TPSA) is 95.9 Å². The van der Waals surface area contributed by atoms with Crippen molar-refractivity contribution in [3.05, 3.63) is 35.2 Å². The summed E-state index contributed by atoms with van der Waals surface area (Å²) in [6.07, 6.45) is 0. The van der Waals surface area contributed by atoms with Crippen LogP contribution in [-0.2, 0) is 21.8 Å². The lowest BCUT2D eigenvalue weighted by Gasteiger charge is -2.12. The summed E-state index contributed by atoms with van der Waals surface area (Å²) in [6.45, 7) is 5.12. The summed E-state index contributed by atoms with van der Waals surface area (Å²) in [4.78, 5) is 12.2. The number of nitrogens with zero attached hydrogens (tertiary/aromatic N) is 1. The number of hydrogen-bond acceptors (Lipinski definition) is 6.